The standard InChI is InChI=1S/C9H14N4O2/c14-9(15)6-5-8-10-12-13(11-8)7-3-1-2-4-7/h7H,1-6H2,(H,14,15). The maximum Gasteiger partial charge on any atom is 0.303 e. The van der Waals surface area contributed by atoms with Crippen LogP contribution in [0, 0.1) is 0 Å². The molecule has 0 unspecified atom stereocenters. The zero-order chi connectivity index (χ0) is 10.7. The number of carboxylic acid groups (broad SMARTS) is 1. The highest BCUT2D eigenvalue weighted by molar-refractivity contribution is 5.66. The van der Waals surface area contributed by atoms with E-state index in [1.165, 1.54) is 12.8 Å². The minimum atomic E-state index is -0.827. The second-order valence-corrected chi connectivity index (χ2v) is 3.86. The van der Waals surface area contributed by atoms with Crippen LogP contribution in [-0.4, -0.2) is 31.3 Å². The molecule has 0 saturated heterocycles. The first-order valence-corrected chi connectivity index (χ1v) is 5.26. The van der Waals surface area contributed by atoms with Gasteiger partial charge in [-0.2, -0.15) is 4.80 Å². The van der Waals surface area contributed by atoms with Crippen LogP contribution >= 0.6 is 0 Å². The molecule has 1 aromatic heterocycles. The first kappa shape index (κ1) is 10.1. The molecule has 82 valence electrons. The van der Waals surface area contributed by atoms with Crippen LogP contribution in [0.3, 0.4) is 0 Å². The number of aryl methyl sites for hydroxylation is 1. The zero-order valence-corrected chi connectivity index (χ0v) is 8.46. The van der Waals surface area contributed by atoms with Crippen molar-refractivity contribution in [3.05, 3.63) is 5.82 Å². The van der Waals surface area contributed by atoms with Gasteiger partial charge in [0.15, 0.2) is 5.82 Å². The van der Waals surface area contributed by atoms with Gasteiger partial charge in [-0.25, -0.2) is 0 Å². The average molecular weight is 210 g/mol. The van der Waals surface area contributed by atoms with Crippen molar-refractivity contribution < 1.29 is 9.90 Å². The lowest BCUT2D eigenvalue weighted by Crippen LogP contribution is -2.09. The highest BCUT2D eigenvalue weighted by Gasteiger charge is 2.19. The van der Waals surface area contributed by atoms with Crippen LogP contribution in [0.25, 0.3) is 0 Å². The van der Waals surface area contributed by atoms with E-state index in [0.717, 1.165) is 12.8 Å². The molecule has 0 spiro atoms. The van der Waals surface area contributed by atoms with Crippen molar-refractivity contribution in [1.29, 1.82) is 0 Å². The fourth-order valence-corrected chi connectivity index (χ4v) is 1.86. The summed E-state index contributed by atoms with van der Waals surface area (Å²) in [4.78, 5) is 12.0. The van der Waals surface area contributed by atoms with Gasteiger partial charge in [0, 0.05) is 6.42 Å². The quantitative estimate of drug-likeness (QED) is 0.795. The van der Waals surface area contributed by atoms with Gasteiger partial charge in [-0.05, 0) is 18.1 Å². The molecule has 0 atom stereocenters. The molecule has 0 bridgehead atoms. The first-order valence-electron chi connectivity index (χ1n) is 5.26. The highest BCUT2D eigenvalue weighted by atomic mass is 16.4. The molecule has 0 radical (unpaired) electrons. The molecule has 15 heavy (non-hydrogen) atoms. The van der Waals surface area contributed by atoms with Gasteiger partial charge < -0.3 is 5.11 Å². The Balaban J connectivity index is 1.94. The lowest BCUT2D eigenvalue weighted by atomic mass is 10.3. The molecule has 1 aliphatic carbocycles. The number of hydrogen-bond acceptors (Lipinski definition) is 4. The molecule has 6 heteroatoms. The molecule has 1 N–H and O–H groups in total. The van der Waals surface area contributed by atoms with Crippen molar-refractivity contribution in [3.63, 3.8) is 0 Å². The topological polar surface area (TPSA) is 80.9 Å². The number of hydrogen-bond donors (Lipinski definition) is 1. The molecule has 0 aromatic carbocycles. The third-order valence-electron chi connectivity index (χ3n) is 2.68. The van der Waals surface area contributed by atoms with Gasteiger partial charge in [0.2, 0.25) is 0 Å². The van der Waals surface area contributed by atoms with E-state index in [9.17, 15) is 4.79 Å². The molecular weight excluding hydrogens is 196 g/mol. The van der Waals surface area contributed by atoms with Crippen LogP contribution in [0.4, 0.5) is 0 Å². The second-order valence-electron chi connectivity index (χ2n) is 3.86. The molecular formula is C9H14N4O2. The van der Waals surface area contributed by atoms with Gasteiger partial charge in [0.1, 0.15) is 0 Å². The van der Waals surface area contributed by atoms with E-state index in [2.05, 4.69) is 15.4 Å². The zero-order valence-electron chi connectivity index (χ0n) is 8.46. The Hall–Kier alpha value is -1.46. The van der Waals surface area contributed by atoms with Gasteiger partial charge >= 0.3 is 5.97 Å². The number of carbonyl (C=O) groups is 1. The average Bonchev–Trinajstić information content (AvgIpc) is 2.85. The van der Waals surface area contributed by atoms with Crippen molar-refractivity contribution in [2.24, 2.45) is 0 Å². The molecule has 1 aromatic rings. The van der Waals surface area contributed by atoms with Crippen LogP contribution < -0.4 is 0 Å². The summed E-state index contributed by atoms with van der Waals surface area (Å²) in [5, 5.41) is 20.5. The van der Waals surface area contributed by atoms with Crippen LogP contribution in [0.15, 0.2) is 0 Å². The molecule has 6 nitrogen and oxygen atoms in total. The van der Waals surface area contributed by atoms with Crippen molar-refractivity contribution in [2.75, 3.05) is 0 Å². The van der Waals surface area contributed by atoms with E-state index in [1.54, 1.807) is 4.80 Å². The molecule has 2 rings (SSSR count). The number of carboxylic acids is 1. The Morgan fingerprint density at radius 3 is 2.87 bits per heavy atom. The minimum Gasteiger partial charge on any atom is -0.481 e. The van der Waals surface area contributed by atoms with Gasteiger partial charge in [-0.1, -0.05) is 12.8 Å². The van der Waals surface area contributed by atoms with Crippen molar-refractivity contribution in [1.82, 2.24) is 20.2 Å². The van der Waals surface area contributed by atoms with Crippen LogP contribution in [0.2, 0.25) is 0 Å². The summed E-state index contributed by atoms with van der Waals surface area (Å²) in [6, 6.07) is 0.371. The van der Waals surface area contributed by atoms with Gasteiger partial charge in [0.05, 0.1) is 12.5 Å². The summed E-state index contributed by atoms with van der Waals surface area (Å²) < 4.78 is 0. The van der Waals surface area contributed by atoms with E-state index in [0.29, 0.717) is 18.3 Å². The summed E-state index contributed by atoms with van der Waals surface area (Å²) in [5.41, 5.74) is 0. The first-order chi connectivity index (χ1) is 7.25. The van der Waals surface area contributed by atoms with Crippen LogP contribution in [0.1, 0.15) is 44.0 Å². The SMILES string of the molecule is O=C(O)CCc1nnn(C2CCCC2)n1. The molecule has 1 aliphatic rings. The van der Waals surface area contributed by atoms with E-state index in [4.69, 9.17) is 5.11 Å². The van der Waals surface area contributed by atoms with Crippen LogP contribution in [-0.2, 0) is 11.2 Å². The Morgan fingerprint density at radius 2 is 2.20 bits per heavy atom. The van der Waals surface area contributed by atoms with Gasteiger partial charge in [-0.15, -0.1) is 10.2 Å². The lowest BCUT2D eigenvalue weighted by Gasteiger charge is -2.04. The van der Waals surface area contributed by atoms with Crippen molar-refractivity contribution >= 4 is 5.97 Å². The van der Waals surface area contributed by atoms with E-state index in [1.807, 2.05) is 0 Å². The summed E-state index contributed by atoms with van der Waals surface area (Å²) in [7, 11) is 0. The summed E-state index contributed by atoms with van der Waals surface area (Å²) in [6.07, 6.45) is 5.08. The van der Waals surface area contributed by atoms with Crippen LogP contribution in [0.5, 0.6) is 0 Å². The molecule has 1 fully saturated rings. The lowest BCUT2D eigenvalue weighted by molar-refractivity contribution is -0.137. The van der Waals surface area contributed by atoms with E-state index in [-0.39, 0.29) is 6.42 Å². The number of aromatic nitrogens is 4. The molecule has 0 amide bonds. The van der Waals surface area contributed by atoms with Gasteiger partial charge in [0.25, 0.3) is 0 Å². The largest absolute Gasteiger partial charge is 0.481 e. The molecule has 0 aliphatic heterocycles. The van der Waals surface area contributed by atoms with E-state index >= 15 is 0 Å². The smallest absolute Gasteiger partial charge is 0.303 e. The molecule has 1 saturated carbocycles. The number of tetrazole rings is 1. The Kier molecular flexibility index (Phi) is 2.94. The fraction of sp³-hybridized carbons (Fsp3) is 0.778. The normalized spacial score (nSPS) is 17.1. The highest BCUT2D eigenvalue weighted by Crippen LogP contribution is 2.27. The van der Waals surface area contributed by atoms with Crippen molar-refractivity contribution in [2.45, 2.75) is 44.6 Å². The summed E-state index contributed by atoms with van der Waals surface area (Å²) in [6.45, 7) is 0. The number of rotatable bonds is 4. The maximum atomic E-state index is 10.4. The third-order valence-corrected chi connectivity index (χ3v) is 2.68. The summed E-state index contributed by atoms with van der Waals surface area (Å²) in [5.74, 6) is -0.295. The predicted molar refractivity (Wildman–Crippen MR) is 51.3 cm³/mol. The number of nitrogens with zero attached hydrogens (tertiary/aromatic N) is 4. The van der Waals surface area contributed by atoms with Gasteiger partial charge in [-0.3, -0.25) is 4.79 Å². The minimum absolute atomic E-state index is 0.0658. The fourth-order valence-electron chi connectivity index (χ4n) is 1.86. The third kappa shape index (κ3) is 2.51. The summed E-state index contributed by atoms with van der Waals surface area (Å²) >= 11 is 0. The Labute approximate surface area is 87.3 Å². The number of aliphatic carboxylic acids is 1. The van der Waals surface area contributed by atoms with E-state index < -0.39 is 5.97 Å². The Morgan fingerprint density at radius 1 is 1.47 bits per heavy atom. The second kappa shape index (κ2) is 4.37. The maximum absolute atomic E-state index is 10.4. The monoisotopic (exact) mass is 210 g/mol. The predicted octanol–water partition coefficient (Wildman–Crippen LogP) is 0.805. The van der Waals surface area contributed by atoms with Crippen molar-refractivity contribution in [3.8, 4) is 0 Å². The Bertz CT molecular complexity index is 344. The molecule has 1 heterocycles.